The van der Waals surface area contributed by atoms with Gasteiger partial charge in [-0.05, 0) is 42.8 Å². The topological polar surface area (TPSA) is 92.3 Å². The van der Waals surface area contributed by atoms with Gasteiger partial charge in [0.1, 0.15) is 12.4 Å². The summed E-state index contributed by atoms with van der Waals surface area (Å²) >= 11 is 0. The lowest BCUT2D eigenvalue weighted by Crippen LogP contribution is -2.54. The van der Waals surface area contributed by atoms with Gasteiger partial charge in [-0.25, -0.2) is 14.4 Å². The summed E-state index contributed by atoms with van der Waals surface area (Å²) in [5.41, 5.74) is 2.07. The Morgan fingerprint density at radius 2 is 2.03 bits per heavy atom. The minimum Gasteiger partial charge on any atom is -0.484 e. The molecule has 30 heavy (non-hydrogen) atoms. The Labute approximate surface area is 173 Å². The number of hydrogen-bond acceptors (Lipinski definition) is 7. The average Bonchev–Trinajstić information content (AvgIpc) is 2.71. The van der Waals surface area contributed by atoms with Crippen molar-refractivity contribution in [3.8, 4) is 5.75 Å². The summed E-state index contributed by atoms with van der Waals surface area (Å²) in [6.45, 7) is 2.92. The second-order valence-electron chi connectivity index (χ2n) is 6.97. The van der Waals surface area contributed by atoms with Crippen molar-refractivity contribution in [3.05, 3.63) is 65.7 Å². The van der Waals surface area contributed by atoms with Gasteiger partial charge in [-0.1, -0.05) is 12.1 Å². The number of anilines is 3. The molecular formula is C21H21FN6O2. The first-order chi connectivity index (χ1) is 14.5. The molecule has 1 aromatic heterocycles. The van der Waals surface area contributed by atoms with Crippen LogP contribution in [0.25, 0.3) is 0 Å². The first-order valence-corrected chi connectivity index (χ1v) is 9.48. The minimum atomic E-state index is -0.362. The first kappa shape index (κ1) is 19.6. The van der Waals surface area contributed by atoms with Crippen LogP contribution in [0.2, 0.25) is 0 Å². The Morgan fingerprint density at radius 3 is 2.80 bits per heavy atom. The van der Waals surface area contributed by atoms with Gasteiger partial charge in [0, 0.05) is 18.3 Å². The molecule has 4 rings (SSSR count). The molecule has 154 valence electrons. The maximum atomic E-state index is 13.9. The fourth-order valence-corrected chi connectivity index (χ4v) is 3.07. The number of hydrogen-bond donors (Lipinski definition) is 2. The van der Waals surface area contributed by atoms with E-state index in [0.717, 1.165) is 5.56 Å². The number of carbonyl (C=O) groups excluding carboxylic acids is 1. The molecule has 0 aliphatic carbocycles. The van der Waals surface area contributed by atoms with Gasteiger partial charge in [-0.2, -0.15) is 4.98 Å². The van der Waals surface area contributed by atoms with Gasteiger partial charge in [0.25, 0.3) is 5.91 Å². The molecule has 2 aromatic carbocycles. The second kappa shape index (κ2) is 8.32. The third-order valence-corrected chi connectivity index (χ3v) is 4.68. The number of carbonyl (C=O) groups is 1. The molecule has 2 N–H and O–H groups in total. The highest BCUT2D eigenvalue weighted by molar-refractivity contribution is 5.95. The van der Waals surface area contributed by atoms with E-state index in [0.29, 0.717) is 36.2 Å². The predicted octanol–water partition coefficient (Wildman–Crippen LogP) is 2.69. The van der Waals surface area contributed by atoms with Gasteiger partial charge in [-0.15, -0.1) is 0 Å². The van der Waals surface area contributed by atoms with E-state index in [1.807, 2.05) is 24.0 Å². The third-order valence-electron chi connectivity index (χ3n) is 4.68. The van der Waals surface area contributed by atoms with Crippen molar-refractivity contribution in [1.82, 2.24) is 20.3 Å². The highest BCUT2D eigenvalue weighted by Gasteiger charge is 2.31. The molecule has 2 heterocycles. The fraction of sp³-hybridized carbons (Fsp3) is 0.238. The zero-order valence-electron chi connectivity index (χ0n) is 16.6. The number of nitrogens with one attached hydrogen (secondary N) is 2. The van der Waals surface area contributed by atoms with Crippen LogP contribution in [0.3, 0.4) is 0 Å². The molecule has 0 saturated carbocycles. The zero-order valence-corrected chi connectivity index (χ0v) is 16.6. The highest BCUT2D eigenvalue weighted by atomic mass is 19.1. The maximum absolute atomic E-state index is 13.9. The molecule has 1 aliphatic heterocycles. The quantitative estimate of drug-likeness (QED) is 0.648. The molecule has 0 unspecified atom stereocenters. The van der Waals surface area contributed by atoms with E-state index in [1.54, 1.807) is 31.3 Å². The molecule has 9 heteroatoms. The van der Waals surface area contributed by atoms with E-state index in [2.05, 4.69) is 25.6 Å². The van der Waals surface area contributed by atoms with Crippen molar-refractivity contribution in [3.63, 3.8) is 0 Å². The van der Waals surface area contributed by atoms with Crippen molar-refractivity contribution in [2.75, 3.05) is 30.4 Å². The Balaban J connectivity index is 1.38. The third kappa shape index (κ3) is 4.29. The van der Waals surface area contributed by atoms with Crippen LogP contribution in [0, 0.1) is 12.7 Å². The normalized spacial score (nSPS) is 13.5. The van der Waals surface area contributed by atoms with E-state index in [4.69, 9.17) is 4.74 Å². The van der Waals surface area contributed by atoms with E-state index in [-0.39, 0.29) is 23.6 Å². The summed E-state index contributed by atoms with van der Waals surface area (Å²) in [5.74, 6) is 0.576. The second-order valence-corrected chi connectivity index (χ2v) is 6.97. The monoisotopic (exact) mass is 408 g/mol. The Hall–Kier alpha value is -3.75. The summed E-state index contributed by atoms with van der Waals surface area (Å²) in [4.78, 5) is 26.5. The fourth-order valence-electron chi connectivity index (χ4n) is 3.07. The molecule has 1 amide bonds. The SMILES string of the molecule is CNC(=O)c1cccc(Nc2ncnc(N3CC(Oc4ccc(C)cc4F)C3)n2)c1. The molecule has 0 spiro atoms. The van der Waals surface area contributed by atoms with Gasteiger partial charge in [0.2, 0.25) is 11.9 Å². The number of rotatable bonds is 6. The van der Waals surface area contributed by atoms with Crippen molar-refractivity contribution >= 4 is 23.5 Å². The van der Waals surface area contributed by atoms with Gasteiger partial charge in [0.15, 0.2) is 11.6 Å². The zero-order chi connectivity index (χ0) is 21.1. The molecule has 1 aliphatic rings. The average molecular weight is 408 g/mol. The molecule has 0 bridgehead atoms. The number of halogens is 1. The van der Waals surface area contributed by atoms with E-state index >= 15 is 0 Å². The van der Waals surface area contributed by atoms with Crippen LogP contribution < -0.4 is 20.3 Å². The first-order valence-electron chi connectivity index (χ1n) is 9.48. The Bertz CT molecular complexity index is 1070. The predicted molar refractivity (Wildman–Crippen MR) is 111 cm³/mol. The number of amides is 1. The van der Waals surface area contributed by atoms with Crippen LogP contribution in [0.4, 0.5) is 22.0 Å². The number of ether oxygens (including phenoxy) is 1. The van der Waals surface area contributed by atoms with Crippen LogP contribution in [-0.2, 0) is 0 Å². The highest BCUT2D eigenvalue weighted by Crippen LogP contribution is 2.25. The van der Waals surface area contributed by atoms with Crippen LogP contribution in [0.5, 0.6) is 5.75 Å². The molecular weight excluding hydrogens is 387 g/mol. The van der Waals surface area contributed by atoms with Crippen molar-refractivity contribution in [1.29, 1.82) is 0 Å². The lowest BCUT2D eigenvalue weighted by Gasteiger charge is -2.38. The molecule has 1 fully saturated rings. The Kier molecular flexibility index (Phi) is 5.42. The summed E-state index contributed by atoms with van der Waals surface area (Å²) < 4.78 is 19.7. The van der Waals surface area contributed by atoms with Crippen LogP contribution >= 0.6 is 0 Å². The van der Waals surface area contributed by atoms with E-state index < -0.39 is 0 Å². The molecule has 0 atom stereocenters. The standard InChI is InChI=1S/C21H21FN6O2/c1-13-6-7-18(17(22)8-13)30-16-10-28(11-16)21-25-12-24-20(27-21)26-15-5-3-4-14(9-15)19(29)23-2/h3-9,12,16H,10-11H2,1-2H3,(H,23,29)(H,24,25,26,27). The van der Waals surface area contributed by atoms with E-state index in [9.17, 15) is 9.18 Å². The molecule has 1 saturated heterocycles. The van der Waals surface area contributed by atoms with Gasteiger partial charge < -0.3 is 20.3 Å². The number of aryl methyl sites for hydroxylation is 1. The molecule has 8 nitrogen and oxygen atoms in total. The van der Waals surface area contributed by atoms with Crippen LogP contribution in [0.15, 0.2) is 48.8 Å². The lowest BCUT2D eigenvalue weighted by atomic mass is 10.1. The summed E-state index contributed by atoms with van der Waals surface area (Å²) in [7, 11) is 1.58. The van der Waals surface area contributed by atoms with Crippen LogP contribution in [0.1, 0.15) is 15.9 Å². The lowest BCUT2D eigenvalue weighted by molar-refractivity contribution is 0.0963. The minimum absolute atomic E-state index is 0.139. The maximum Gasteiger partial charge on any atom is 0.251 e. The van der Waals surface area contributed by atoms with Gasteiger partial charge in [-0.3, -0.25) is 4.79 Å². The van der Waals surface area contributed by atoms with Crippen LogP contribution in [-0.4, -0.2) is 47.1 Å². The largest absolute Gasteiger partial charge is 0.484 e. The Morgan fingerprint density at radius 1 is 1.20 bits per heavy atom. The molecule has 0 radical (unpaired) electrons. The van der Waals surface area contributed by atoms with Gasteiger partial charge >= 0.3 is 0 Å². The summed E-state index contributed by atoms with van der Waals surface area (Å²) in [5, 5.41) is 5.67. The summed E-state index contributed by atoms with van der Waals surface area (Å²) in [6.07, 6.45) is 1.28. The molecule has 3 aromatic rings. The smallest absolute Gasteiger partial charge is 0.251 e. The summed E-state index contributed by atoms with van der Waals surface area (Å²) in [6, 6.07) is 11.9. The number of benzene rings is 2. The van der Waals surface area contributed by atoms with Crippen molar-refractivity contribution in [2.45, 2.75) is 13.0 Å². The van der Waals surface area contributed by atoms with Crippen molar-refractivity contribution in [2.24, 2.45) is 0 Å². The van der Waals surface area contributed by atoms with Gasteiger partial charge in [0.05, 0.1) is 13.1 Å². The number of nitrogens with zero attached hydrogens (tertiary/aromatic N) is 4. The van der Waals surface area contributed by atoms with Crippen molar-refractivity contribution < 1.29 is 13.9 Å². The van der Waals surface area contributed by atoms with E-state index in [1.165, 1.54) is 12.4 Å². The number of aromatic nitrogens is 3.